The number of piperazine rings is 1. The van der Waals surface area contributed by atoms with Crippen molar-refractivity contribution in [3.8, 4) is 0 Å². The van der Waals surface area contributed by atoms with Gasteiger partial charge in [0, 0.05) is 43.8 Å². The van der Waals surface area contributed by atoms with E-state index < -0.39 is 0 Å². The van der Waals surface area contributed by atoms with E-state index in [4.69, 9.17) is 16.3 Å². The van der Waals surface area contributed by atoms with Gasteiger partial charge in [-0.15, -0.1) is 0 Å². The lowest BCUT2D eigenvalue weighted by molar-refractivity contribution is -0.138. The zero-order valence-corrected chi connectivity index (χ0v) is 14.3. The Bertz CT molecular complexity index is 540. The van der Waals surface area contributed by atoms with Crippen LogP contribution in [0.15, 0.2) is 24.3 Å². The average Bonchev–Trinajstić information content (AvgIpc) is 2.62. The molecule has 5 nitrogen and oxygen atoms in total. The summed E-state index contributed by atoms with van der Waals surface area (Å²) in [6.45, 7) is 7.34. The Balaban J connectivity index is 1.55. The van der Waals surface area contributed by atoms with Gasteiger partial charge in [0.05, 0.1) is 13.2 Å². The van der Waals surface area contributed by atoms with Crippen molar-refractivity contribution in [2.45, 2.75) is 19.0 Å². The molecule has 1 N–H and O–H groups in total. The number of carbonyl (C=O) groups excluding carboxylic acids is 1. The number of hydrogen-bond acceptors (Lipinski definition) is 4. The van der Waals surface area contributed by atoms with Crippen molar-refractivity contribution >= 4 is 17.5 Å². The van der Waals surface area contributed by atoms with Crippen molar-refractivity contribution in [2.24, 2.45) is 0 Å². The zero-order valence-electron chi connectivity index (χ0n) is 13.5. The van der Waals surface area contributed by atoms with Gasteiger partial charge in [-0.05, 0) is 18.6 Å². The first-order chi connectivity index (χ1) is 11.2. The summed E-state index contributed by atoms with van der Waals surface area (Å²) in [5, 5.41) is 4.04. The van der Waals surface area contributed by atoms with Gasteiger partial charge < -0.3 is 15.0 Å². The Labute approximate surface area is 142 Å². The molecule has 23 heavy (non-hydrogen) atoms. The predicted molar refractivity (Wildman–Crippen MR) is 90.6 cm³/mol. The molecule has 3 rings (SSSR count). The second-order valence-electron chi connectivity index (χ2n) is 6.14. The van der Waals surface area contributed by atoms with Gasteiger partial charge in [0.15, 0.2) is 0 Å². The number of morpholine rings is 1. The van der Waals surface area contributed by atoms with Crippen LogP contribution in [0.2, 0.25) is 5.02 Å². The number of nitrogens with one attached hydrogen (secondary N) is 1. The molecule has 2 saturated heterocycles. The van der Waals surface area contributed by atoms with Crippen LogP contribution in [0.4, 0.5) is 0 Å². The zero-order chi connectivity index (χ0) is 16.2. The summed E-state index contributed by atoms with van der Waals surface area (Å²) in [5.41, 5.74) is 1.15. The van der Waals surface area contributed by atoms with Gasteiger partial charge in [0.25, 0.3) is 0 Å². The third-order valence-corrected chi connectivity index (χ3v) is 5.09. The molecule has 126 valence electrons. The third-order valence-electron chi connectivity index (χ3n) is 4.75. The summed E-state index contributed by atoms with van der Waals surface area (Å²) in [6.07, 6.45) is 0. The topological polar surface area (TPSA) is 44.8 Å². The fourth-order valence-electron chi connectivity index (χ4n) is 3.28. The summed E-state index contributed by atoms with van der Waals surface area (Å²) < 4.78 is 5.39. The number of halogens is 1. The Morgan fingerprint density at radius 3 is 2.70 bits per heavy atom. The number of hydrogen-bond donors (Lipinski definition) is 1. The van der Waals surface area contributed by atoms with E-state index in [0.717, 1.165) is 43.3 Å². The van der Waals surface area contributed by atoms with Crippen LogP contribution in [0.25, 0.3) is 0 Å². The van der Waals surface area contributed by atoms with E-state index in [0.29, 0.717) is 13.2 Å². The van der Waals surface area contributed by atoms with Crippen LogP contribution in [0, 0.1) is 0 Å². The molecule has 0 radical (unpaired) electrons. The van der Waals surface area contributed by atoms with Gasteiger partial charge in [0.2, 0.25) is 5.91 Å². The van der Waals surface area contributed by atoms with Crippen LogP contribution in [-0.4, -0.2) is 67.7 Å². The van der Waals surface area contributed by atoms with Crippen molar-refractivity contribution < 1.29 is 9.53 Å². The number of amides is 1. The lowest BCUT2D eigenvalue weighted by atomic mass is 10.1. The number of carbonyl (C=O) groups is 1. The maximum Gasteiger partial charge on any atom is 0.242 e. The van der Waals surface area contributed by atoms with Gasteiger partial charge in [-0.2, -0.15) is 0 Å². The predicted octanol–water partition coefficient (Wildman–Crippen LogP) is 1.53. The summed E-state index contributed by atoms with van der Waals surface area (Å²) >= 11 is 6.31. The van der Waals surface area contributed by atoms with E-state index in [1.807, 2.05) is 23.1 Å². The molecule has 2 fully saturated rings. The maximum atomic E-state index is 12.5. The second kappa shape index (κ2) is 7.62. The van der Waals surface area contributed by atoms with Gasteiger partial charge in [-0.3, -0.25) is 9.69 Å². The number of nitrogens with zero attached hydrogens (tertiary/aromatic N) is 2. The molecule has 1 aromatic rings. The lowest BCUT2D eigenvalue weighted by Gasteiger charge is -2.40. The van der Waals surface area contributed by atoms with Crippen LogP contribution < -0.4 is 5.32 Å². The largest absolute Gasteiger partial charge is 0.378 e. The Morgan fingerprint density at radius 1 is 1.30 bits per heavy atom. The normalized spacial score (nSPS) is 24.4. The second-order valence-corrected chi connectivity index (χ2v) is 6.55. The van der Waals surface area contributed by atoms with Crippen molar-refractivity contribution in [3.63, 3.8) is 0 Å². The minimum absolute atomic E-state index is 0.162. The standard InChI is InChI=1S/C17H24ClN3O2/c1-13(14-4-2-3-5-15(14)18)20-7-9-21(10-8-20)17(22)16-12-23-11-6-19-16/h2-5,13,16,19H,6-12H2,1H3. The molecule has 0 bridgehead atoms. The van der Waals surface area contributed by atoms with E-state index in [9.17, 15) is 4.79 Å². The fourth-order valence-corrected chi connectivity index (χ4v) is 3.58. The summed E-state index contributed by atoms with van der Waals surface area (Å²) in [6, 6.07) is 8.06. The van der Waals surface area contributed by atoms with Crippen molar-refractivity contribution in [3.05, 3.63) is 34.9 Å². The van der Waals surface area contributed by atoms with Crippen LogP contribution in [0.3, 0.4) is 0 Å². The van der Waals surface area contributed by atoms with E-state index in [1.54, 1.807) is 0 Å². The number of rotatable bonds is 3. The maximum absolute atomic E-state index is 12.5. The SMILES string of the molecule is CC(c1ccccc1Cl)N1CCN(C(=O)C2COCCN2)CC1. The summed E-state index contributed by atoms with van der Waals surface area (Å²) in [7, 11) is 0. The van der Waals surface area contributed by atoms with Crippen molar-refractivity contribution in [2.75, 3.05) is 45.9 Å². The molecule has 0 aliphatic carbocycles. The smallest absolute Gasteiger partial charge is 0.242 e. The Morgan fingerprint density at radius 2 is 2.04 bits per heavy atom. The van der Waals surface area contributed by atoms with Gasteiger partial charge >= 0.3 is 0 Å². The van der Waals surface area contributed by atoms with Crippen molar-refractivity contribution in [1.29, 1.82) is 0 Å². The monoisotopic (exact) mass is 337 g/mol. The molecule has 2 atom stereocenters. The molecule has 0 aromatic heterocycles. The van der Waals surface area contributed by atoms with Gasteiger partial charge in [-0.1, -0.05) is 29.8 Å². The molecule has 6 heteroatoms. The van der Waals surface area contributed by atoms with Crippen LogP contribution in [0.1, 0.15) is 18.5 Å². The first-order valence-corrected chi connectivity index (χ1v) is 8.63. The first kappa shape index (κ1) is 16.7. The van der Waals surface area contributed by atoms with Crippen LogP contribution in [0.5, 0.6) is 0 Å². The third kappa shape index (κ3) is 3.86. The van der Waals surface area contributed by atoms with E-state index in [2.05, 4.69) is 23.2 Å². The van der Waals surface area contributed by atoms with Gasteiger partial charge in [-0.25, -0.2) is 0 Å². The highest BCUT2D eigenvalue weighted by Crippen LogP contribution is 2.27. The first-order valence-electron chi connectivity index (χ1n) is 8.25. The molecular formula is C17H24ClN3O2. The quantitative estimate of drug-likeness (QED) is 0.908. The molecule has 0 saturated carbocycles. The van der Waals surface area contributed by atoms with Crippen LogP contribution in [-0.2, 0) is 9.53 Å². The van der Waals surface area contributed by atoms with E-state index >= 15 is 0 Å². The molecule has 1 amide bonds. The highest BCUT2D eigenvalue weighted by Gasteiger charge is 2.30. The Hall–Kier alpha value is -1.14. The molecule has 2 aliphatic rings. The molecule has 1 aromatic carbocycles. The van der Waals surface area contributed by atoms with Crippen LogP contribution >= 0.6 is 11.6 Å². The molecule has 2 heterocycles. The highest BCUT2D eigenvalue weighted by atomic mass is 35.5. The number of benzene rings is 1. The molecule has 0 spiro atoms. The van der Waals surface area contributed by atoms with E-state index in [-0.39, 0.29) is 18.0 Å². The minimum atomic E-state index is -0.184. The molecule has 2 aliphatic heterocycles. The van der Waals surface area contributed by atoms with E-state index in [1.165, 1.54) is 0 Å². The average molecular weight is 338 g/mol. The summed E-state index contributed by atoms with van der Waals surface area (Å²) in [5.74, 6) is 0.162. The van der Waals surface area contributed by atoms with Gasteiger partial charge in [0.1, 0.15) is 6.04 Å². The molecular weight excluding hydrogens is 314 g/mol. The lowest BCUT2D eigenvalue weighted by Crippen LogP contribution is -2.57. The Kier molecular flexibility index (Phi) is 5.54. The molecule has 2 unspecified atom stereocenters. The number of ether oxygens (including phenoxy) is 1. The summed E-state index contributed by atoms with van der Waals surface area (Å²) in [4.78, 5) is 16.8. The fraction of sp³-hybridized carbons (Fsp3) is 0.588. The highest BCUT2D eigenvalue weighted by molar-refractivity contribution is 6.31. The van der Waals surface area contributed by atoms with Crippen molar-refractivity contribution in [1.82, 2.24) is 15.1 Å². The minimum Gasteiger partial charge on any atom is -0.378 e.